The first-order chi connectivity index (χ1) is 12.5. The fraction of sp³-hybridized carbons (Fsp3) is 0.250. The Kier molecular flexibility index (Phi) is 8.35. The number of aliphatic carboxylic acids is 1. The summed E-state index contributed by atoms with van der Waals surface area (Å²) in [5, 5.41) is 9.13. The van der Waals surface area contributed by atoms with Crippen LogP contribution in [0.25, 0.3) is 6.08 Å². The monoisotopic (exact) mass is 482 g/mol. The summed E-state index contributed by atoms with van der Waals surface area (Å²) in [6, 6.07) is 13.4. The van der Waals surface area contributed by atoms with Crippen LogP contribution in [0.2, 0.25) is 0 Å². The Morgan fingerprint density at radius 2 is 1.81 bits per heavy atom. The van der Waals surface area contributed by atoms with Crippen molar-refractivity contribution >= 4 is 43.9 Å². The minimum Gasteiger partial charge on any atom is -0.490 e. The third-order valence-electron chi connectivity index (χ3n) is 3.53. The van der Waals surface area contributed by atoms with Gasteiger partial charge in [0.25, 0.3) is 0 Å². The van der Waals surface area contributed by atoms with Crippen molar-refractivity contribution in [2.45, 2.75) is 19.4 Å². The molecule has 0 aliphatic heterocycles. The summed E-state index contributed by atoms with van der Waals surface area (Å²) >= 11 is 6.92. The molecule has 0 spiro atoms. The highest BCUT2D eigenvalue weighted by Gasteiger charge is 2.17. The highest BCUT2D eigenvalue weighted by atomic mass is 79.9. The molecule has 1 N–H and O–H groups in total. The Morgan fingerprint density at radius 1 is 1.15 bits per heavy atom. The van der Waals surface area contributed by atoms with Crippen LogP contribution < -0.4 is 4.74 Å². The number of hydrogen-bond donors (Lipinski definition) is 1. The topological polar surface area (TPSA) is 55.8 Å². The molecule has 0 aromatic heterocycles. The van der Waals surface area contributed by atoms with Gasteiger partial charge < -0.3 is 14.6 Å². The lowest BCUT2D eigenvalue weighted by Crippen LogP contribution is -2.26. The van der Waals surface area contributed by atoms with E-state index in [0.717, 1.165) is 25.8 Å². The molecule has 138 valence electrons. The highest BCUT2D eigenvalue weighted by molar-refractivity contribution is 9.11. The number of halogens is 2. The van der Waals surface area contributed by atoms with E-state index in [0.29, 0.717) is 19.6 Å². The van der Waals surface area contributed by atoms with Crippen molar-refractivity contribution in [3.8, 4) is 5.75 Å². The van der Waals surface area contributed by atoms with Gasteiger partial charge in [0.05, 0.1) is 0 Å². The summed E-state index contributed by atoms with van der Waals surface area (Å²) in [5.74, 6) is -0.214. The van der Waals surface area contributed by atoms with E-state index < -0.39 is 12.1 Å². The van der Waals surface area contributed by atoms with Crippen LogP contribution in [0.4, 0.5) is 0 Å². The van der Waals surface area contributed by atoms with Crippen molar-refractivity contribution in [3.63, 3.8) is 0 Å². The zero-order valence-electron chi connectivity index (χ0n) is 14.3. The van der Waals surface area contributed by atoms with E-state index in [9.17, 15) is 4.79 Å². The van der Waals surface area contributed by atoms with E-state index in [1.165, 1.54) is 0 Å². The number of benzene rings is 2. The second-order valence-corrected chi connectivity index (χ2v) is 7.38. The maximum absolute atomic E-state index is 11.1. The fourth-order valence-electron chi connectivity index (χ4n) is 2.35. The van der Waals surface area contributed by atoms with Crippen LogP contribution in [0.3, 0.4) is 0 Å². The van der Waals surface area contributed by atoms with E-state index in [1.54, 1.807) is 6.92 Å². The van der Waals surface area contributed by atoms with E-state index in [2.05, 4.69) is 31.9 Å². The van der Waals surface area contributed by atoms with E-state index in [-0.39, 0.29) is 0 Å². The van der Waals surface area contributed by atoms with Crippen LogP contribution in [-0.4, -0.2) is 30.4 Å². The Bertz CT molecular complexity index is 737. The molecule has 0 aliphatic carbocycles. The van der Waals surface area contributed by atoms with Crippen molar-refractivity contribution < 1.29 is 19.4 Å². The molecule has 0 saturated heterocycles. The Balaban J connectivity index is 1.87. The number of rotatable bonds is 9. The van der Waals surface area contributed by atoms with Crippen molar-refractivity contribution in [1.82, 2.24) is 0 Å². The third kappa shape index (κ3) is 6.94. The van der Waals surface area contributed by atoms with Gasteiger partial charge in [0.2, 0.25) is 0 Å². The van der Waals surface area contributed by atoms with Gasteiger partial charge in [-0.05, 0) is 54.5 Å². The summed E-state index contributed by atoms with van der Waals surface area (Å²) in [5.41, 5.74) is 1.97. The van der Waals surface area contributed by atoms with Gasteiger partial charge in [-0.25, -0.2) is 4.79 Å². The molecule has 26 heavy (non-hydrogen) atoms. The number of hydrogen-bond acceptors (Lipinski definition) is 3. The quantitative estimate of drug-likeness (QED) is 0.523. The first kappa shape index (κ1) is 20.7. The molecule has 4 nitrogen and oxygen atoms in total. The molecule has 2 aromatic rings. The molecule has 0 radical (unpaired) electrons. The lowest BCUT2D eigenvalue weighted by Gasteiger charge is -2.12. The number of carboxylic acid groups (broad SMARTS) is 1. The van der Waals surface area contributed by atoms with Gasteiger partial charge in [-0.3, -0.25) is 0 Å². The van der Waals surface area contributed by atoms with Crippen LogP contribution in [0, 0.1) is 0 Å². The molecule has 1 atom stereocenters. The summed E-state index contributed by atoms with van der Waals surface area (Å²) in [4.78, 5) is 11.1. The maximum atomic E-state index is 11.1. The van der Waals surface area contributed by atoms with Crippen LogP contribution in [0.15, 0.2) is 57.5 Å². The minimum atomic E-state index is -0.948. The molecule has 0 aliphatic rings. The van der Waals surface area contributed by atoms with Crippen molar-refractivity contribution in [2.24, 2.45) is 0 Å². The Hall–Kier alpha value is -1.63. The Labute approximate surface area is 170 Å². The predicted molar refractivity (Wildman–Crippen MR) is 110 cm³/mol. The smallest absolute Gasteiger partial charge is 0.333 e. The maximum Gasteiger partial charge on any atom is 0.333 e. The standard InChI is InChI=1S/C20H20Br2O4/c1-2-25-19(20(23)24)12-14-5-7-18(8-6-14)26-9-3-4-15-10-16(21)13-17(22)11-15/h3-8,10-11,13,19H,2,9,12H2,1H3,(H,23,24)/b4-3+/t19-/m0/s1. The summed E-state index contributed by atoms with van der Waals surface area (Å²) in [6.45, 7) is 2.60. The molecule has 0 heterocycles. The van der Waals surface area contributed by atoms with Crippen LogP contribution >= 0.6 is 31.9 Å². The molecule has 0 saturated carbocycles. The van der Waals surface area contributed by atoms with Crippen molar-refractivity contribution in [1.29, 1.82) is 0 Å². The lowest BCUT2D eigenvalue weighted by atomic mass is 10.1. The molecule has 6 heteroatoms. The summed E-state index contributed by atoms with van der Waals surface area (Å²) in [7, 11) is 0. The zero-order chi connectivity index (χ0) is 18.9. The second kappa shape index (κ2) is 10.5. The minimum absolute atomic E-state index is 0.334. The van der Waals surface area contributed by atoms with Crippen molar-refractivity contribution in [3.05, 3.63) is 68.6 Å². The van der Waals surface area contributed by atoms with Gasteiger partial charge in [0.1, 0.15) is 12.4 Å². The average molecular weight is 484 g/mol. The number of carbonyl (C=O) groups is 1. The van der Waals surface area contributed by atoms with Crippen molar-refractivity contribution in [2.75, 3.05) is 13.2 Å². The zero-order valence-corrected chi connectivity index (χ0v) is 17.5. The van der Waals surface area contributed by atoms with Gasteiger partial charge in [0, 0.05) is 22.0 Å². The summed E-state index contributed by atoms with van der Waals surface area (Å²) < 4.78 is 12.9. The predicted octanol–water partition coefficient (Wildman–Crippen LogP) is 5.34. The molecule has 0 unspecified atom stereocenters. The normalized spacial score (nSPS) is 12.3. The average Bonchev–Trinajstić information content (AvgIpc) is 2.59. The van der Waals surface area contributed by atoms with E-state index in [1.807, 2.05) is 54.6 Å². The molecule has 2 rings (SSSR count). The highest BCUT2D eigenvalue weighted by Crippen LogP contribution is 2.21. The SMILES string of the molecule is CCO[C@@H](Cc1ccc(OC/C=C/c2cc(Br)cc(Br)c2)cc1)C(=O)O. The third-order valence-corrected chi connectivity index (χ3v) is 4.44. The van der Waals surface area contributed by atoms with Gasteiger partial charge in [0.15, 0.2) is 6.10 Å². The Morgan fingerprint density at radius 3 is 2.38 bits per heavy atom. The lowest BCUT2D eigenvalue weighted by molar-refractivity contribution is -0.149. The molecular formula is C20H20Br2O4. The first-order valence-corrected chi connectivity index (χ1v) is 9.75. The molecule has 0 fully saturated rings. The largest absolute Gasteiger partial charge is 0.490 e. The number of carboxylic acids is 1. The number of ether oxygens (including phenoxy) is 2. The van der Waals surface area contributed by atoms with Gasteiger partial charge in [-0.1, -0.05) is 50.1 Å². The van der Waals surface area contributed by atoms with Gasteiger partial charge >= 0.3 is 5.97 Å². The van der Waals surface area contributed by atoms with Crippen LogP contribution in [0.1, 0.15) is 18.1 Å². The van der Waals surface area contributed by atoms with E-state index in [4.69, 9.17) is 14.6 Å². The molecule has 0 amide bonds. The van der Waals surface area contributed by atoms with Crippen LogP contribution in [-0.2, 0) is 16.0 Å². The molecule has 2 aromatic carbocycles. The first-order valence-electron chi connectivity index (χ1n) is 8.16. The molecule has 0 bridgehead atoms. The second-order valence-electron chi connectivity index (χ2n) is 5.55. The fourth-order valence-corrected chi connectivity index (χ4v) is 3.68. The van der Waals surface area contributed by atoms with Crippen LogP contribution in [0.5, 0.6) is 5.75 Å². The molecular weight excluding hydrogens is 464 g/mol. The van der Waals surface area contributed by atoms with E-state index >= 15 is 0 Å². The van der Waals surface area contributed by atoms with Gasteiger partial charge in [-0.2, -0.15) is 0 Å². The van der Waals surface area contributed by atoms with Gasteiger partial charge in [-0.15, -0.1) is 0 Å². The summed E-state index contributed by atoms with van der Waals surface area (Å²) in [6.07, 6.45) is 3.45.